The quantitative estimate of drug-likeness (QED) is 0.238. The number of anilines is 3. The van der Waals surface area contributed by atoms with E-state index in [9.17, 15) is 9.59 Å². The molecule has 0 aromatic carbocycles. The van der Waals surface area contributed by atoms with Crippen LogP contribution in [0.2, 0.25) is 0 Å². The molecule has 0 unspecified atom stereocenters. The second kappa shape index (κ2) is 17.6. The fraction of sp³-hybridized carbons (Fsp3) is 0.833. The third-order valence-corrected chi connectivity index (χ3v) is 9.53. The lowest BCUT2D eigenvalue weighted by Gasteiger charge is -2.35. The van der Waals surface area contributed by atoms with Crippen LogP contribution in [0.25, 0.3) is 0 Å². The highest BCUT2D eigenvalue weighted by Gasteiger charge is 2.30. The molecule has 4 rings (SSSR count). The lowest BCUT2D eigenvalue weighted by atomic mass is 9.81. The van der Waals surface area contributed by atoms with Crippen LogP contribution in [-0.2, 0) is 9.47 Å². The summed E-state index contributed by atoms with van der Waals surface area (Å²) in [7, 11) is 0. The van der Waals surface area contributed by atoms with Crippen molar-refractivity contribution in [2.75, 3.05) is 74.9 Å². The summed E-state index contributed by atoms with van der Waals surface area (Å²) in [6.45, 7) is 18.4. The van der Waals surface area contributed by atoms with Crippen molar-refractivity contribution in [2.24, 2.45) is 17.8 Å². The first-order valence-corrected chi connectivity index (χ1v) is 18.5. The van der Waals surface area contributed by atoms with Crippen LogP contribution in [0.15, 0.2) is 6.07 Å². The molecule has 0 spiro atoms. The standard InChI is InChI=1S/C36H64N8O4/c1-35(2,3)47-33(45)43(25-28-11-8-7-9-12-28)19-10-20-44(34(46)48-36(4,5)6)26-29-15-13-27(14-16-29)24-39-32-40-30(37)23-31(41-32)42-21-17-38-18-22-42/h23,27-29,38H,7-22,24-26H2,1-6H3,(H3,37,39,40,41). The number of aromatic nitrogens is 2. The SMILES string of the molecule is CC(C)(C)OC(=O)N(CCCN(CC1CCC(CNc2nc(N)cc(N3CCNCC3)n2)CC1)C(=O)OC(C)(C)C)CC1CCCCC1. The topological polar surface area (TPSA) is 138 Å². The van der Waals surface area contributed by atoms with Gasteiger partial charge in [0.25, 0.3) is 0 Å². The zero-order valence-corrected chi connectivity index (χ0v) is 30.7. The molecule has 12 heteroatoms. The van der Waals surface area contributed by atoms with Gasteiger partial charge in [0.1, 0.15) is 22.8 Å². The monoisotopic (exact) mass is 673 g/mol. The Morgan fingerprint density at radius 3 is 1.90 bits per heavy atom. The van der Waals surface area contributed by atoms with Crippen LogP contribution in [0.5, 0.6) is 0 Å². The number of nitrogens with two attached hydrogens (primary N) is 1. The maximum atomic E-state index is 13.4. The van der Waals surface area contributed by atoms with Gasteiger partial charge < -0.3 is 40.5 Å². The summed E-state index contributed by atoms with van der Waals surface area (Å²) in [6.07, 6.45) is 10.4. The van der Waals surface area contributed by atoms with Crippen molar-refractivity contribution >= 4 is 29.8 Å². The number of carbonyl (C=O) groups excluding carboxylic acids is 2. The summed E-state index contributed by atoms with van der Waals surface area (Å²) in [6, 6.07) is 1.85. The molecule has 3 fully saturated rings. The van der Waals surface area contributed by atoms with Crippen LogP contribution in [0.1, 0.15) is 106 Å². The molecule has 1 aromatic heterocycles. The zero-order valence-electron chi connectivity index (χ0n) is 30.7. The van der Waals surface area contributed by atoms with Gasteiger partial charge in [0.15, 0.2) is 0 Å². The van der Waals surface area contributed by atoms with E-state index in [0.717, 1.165) is 83.6 Å². The Morgan fingerprint density at radius 1 is 0.833 bits per heavy atom. The van der Waals surface area contributed by atoms with Crippen molar-refractivity contribution < 1.29 is 19.1 Å². The predicted molar refractivity (Wildman–Crippen MR) is 192 cm³/mol. The third kappa shape index (κ3) is 13.1. The van der Waals surface area contributed by atoms with Crippen LogP contribution in [0.3, 0.4) is 0 Å². The van der Waals surface area contributed by atoms with E-state index in [1.54, 1.807) is 0 Å². The minimum absolute atomic E-state index is 0.257. The van der Waals surface area contributed by atoms with Gasteiger partial charge in [0.05, 0.1) is 0 Å². The lowest BCUT2D eigenvalue weighted by molar-refractivity contribution is 0.0153. The number of hydrogen-bond donors (Lipinski definition) is 3. The van der Waals surface area contributed by atoms with Crippen LogP contribution < -0.4 is 21.3 Å². The van der Waals surface area contributed by atoms with Crippen molar-refractivity contribution in [3.05, 3.63) is 6.07 Å². The number of rotatable bonds is 12. The summed E-state index contributed by atoms with van der Waals surface area (Å²) in [5, 5.41) is 6.83. The van der Waals surface area contributed by atoms with Crippen LogP contribution in [0.4, 0.5) is 27.2 Å². The average molecular weight is 673 g/mol. The van der Waals surface area contributed by atoms with Gasteiger partial charge in [-0.25, -0.2) is 9.59 Å². The van der Waals surface area contributed by atoms with Crippen molar-refractivity contribution in [3.8, 4) is 0 Å². The van der Waals surface area contributed by atoms with Crippen molar-refractivity contribution in [3.63, 3.8) is 0 Å². The number of nitrogens with one attached hydrogen (secondary N) is 2. The molecule has 272 valence electrons. The summed E-state index contributed by atoms with van der Waals surface area (Å²) >= 11 is 0. The van der Waals surface area contributed by atoms with Crippen LogP contribution in [0, 0.1) is 17.8 Å². The molecule has 3 aliphatic rings. The maximum Gasteiger partial charge on any atom is 0.410 e. The summed E-state index contributed by atoms with van der Waals surface area (Å²) in [5.41, 5.74) is 5.01. The number of hydrogen-bond acceptors (Lipinski definition) is 10. The number of piperazine rings is 1. The first-order chi connectivity index (χ1) is 22.7. The van der Waals surface area contributed by atoms with Gasteiger partial charge in [-0.1, -0.05) is 19.3 Å². The molecule has 2 heterocycles. The van der Waals surface area contributed by atoms with Gasteiger partial charge in [0, 0.05) is 65.0 Å². The highest BCUT2D eigenvalue weighted by atomic mass is 16.6. The van der Waals surface area contributed by atoms with E-state index in [1.807, 2.05) is 57.4 Å². The molecule has 0 bridgehead atoms. The first kappa shape index (κ1) is 37.8. The number of nitrogen functional groups attached to an aromatic ring is 1. The number of nitrogens with zero attached hydrogens (tertiary/aromatic N) is 5. The molecule has 2 saturated carbocycles. The lowest BCUT2D eigenvalue weighted by Crippen LogP contribution is -2.44. The third-order valence-electron chi connectivity index (χ3n) is 9.53. The Labute approximate surface area is 289 Å². The molecule has 0 radical (unpaired) electrons. The average Bonchev–Trinajstić information content (AvgIpc) is 3.02. The molecule has 4 N–H and O–H groups in total. The highest BCUT2D eigenvalue weighted by Crippen LogP contribution is 2.31. The van der Waals surface area contributed by atoms with Crippen LogP contribution >= 0.6 is 0 Å². The molecule has 1 aromatic rings. The largest absolute Gasteiger partial charge is 0.444 e. The maximum absolute atomic E-state index is 13.4. The Balaban J connectivity index is 1.29. The Kier molecular flexibility index (Phi) is 13.8. The molecule has 2 aliphatic carbocycles. The van der Waals surface area contributed by atoms with Crippen molar-refractivity contribution in [2.45, 2.75) is 117 Å². The van der Waals surface area contributed by atoms with Crippen molar-refractivity contribution in [1.29, 1.82) is 0 Å². The van der Waals surface area contributed by atoms with Gasteiger partial charge in [-0.2, -0.15) is 9.97 Å². The predicted octanol–water partition coefficient (Wildman–Crippen LogP) is 6.13. The molecule has 1 aliphatic heterocycles. The summed E-state index contributed by atoms with van der Waals surface area (Å²) < 4.78 is 11.6. The second-order valence-corrected chi connectivity index (χ2v) is 16.2. The number of ether oxygens (including phenoxy) is 2. The summed E-state index contributed by atoms with van der Waals surface area (Å²) in [5.74, 6) is 3.37. The molecule has 1 saturated heterocycles. The Morgan fingerprint density at radius 2 is 1.35 bits per heavy atom. The zero-order chi connectivity index (χ0) is 34.7. The van der Waals surface area contributed by atoms with E-state index in [2.05, 4.69) is 20.5 Å². The van der Waals surface area contributed by atoms with Gasteiger partial charge in [-0.05, 0) is 104 Å². The van der Waals surface area contributed by atoms with Gasteiger partial charge in [-0.15, -0.1) is 0 Å². The van der Waals surface area contributed by atoms with E-state index < -0.39 is 11.2 Å². The van der Waals surface area contributed by atoms with Gasteiger partial charge in [0.2, 0.25) is 5.95 Å². The Hall–Kier alpha value is -3.02. The minimum atomic E-state index is -0.574. The van der Waals surface area contributed by atoms with Gasteiger partial charge >= 0.3 is 12.2 Å². The van der Waals surface area contributed by atoms with E-state index in [0.29, 0.717) is 55.6 Å². The fourth-order valence-electron chi connectivity index (χ4n) is 7.05. The van der Waals surface area contributed by atoms with E-state index in [1.165, 1.54) is 19.3 Å². The Bertz CT molecular complexity index is 1150. The molecule has 2 amide bonds. The minimum Gasteiger partial charge on any atom is -0.444 e. The molecule has 12 nitrogen and oxygen atoms in total. The van der Waals surface area contributed by atoms with E-state index in [-0.39, 0.29) is 12.2 Å². The summed E-state index contributed by atoms with van der Waals surface area (Å²) in [4.78, 5) is 41.8. The fourth-order valence-corrected chi connectivity index (χ4v) is 7.05. The number of carbonyl (C=O) groups is 2. The van der Waals surface area contributed by atoms with Gasteiger partial charge in [-0.3, -0.25) is 0 Å². The molecular weight excluding hydrogens is 608 g/mol. The van der Waals surface area contributed by atoms with E-state index in [4.69, 9.17) is 20.2 Å². The second-order valence-electron chi connectivity index (χ2n) is 16.2. The molecule has 0 atom stereocenters. The molecular formula is C36H64N8O4. The van der Waals surface area contributed by atoms with E-state index >= 15 is 0 Å². The van der Waals surface area contributed by atoms with Crippen molar-refractivity contribution in [1.82, 2.24) is 25.1 Å². The number of amides is 2. The highest BCUT2D eigenvalue weighted by molar-refractivity contribution is 5.69. The first-order valence-electron chi connectivity index (χ1n) is 18.5. The normalized spacial score (nSPS) is 21.0. The molecule has 48 heavy (non-hydrogen) atoms. The van der Waals surface area contributed by atoms with Crippen LogP contribution in [-0.4, -0.2) is 102 Å². The smallest absolute Gasteiger partial charge is 0.410 e.